The molecule has 2 aliphatic heterocycles. The van der Waals surface area contributed by atoms with Gasteiger partial charge in [-0.05, 0) is 35.9 Å². The van der Waals surface area contributed by atoms with Crippen LogP contribution in [0.15, 0.2) is 77.9 Å². The first-order valence-electron chi connectivity index (χ1n) is 9.17. The molecule has 2 aromatic rings. The Morgan fingerprint density at radius 2 is 2.17 bits per heavy atom. The Morgan fingerprint density at radius 3 is 3.07 bits per heavy atom. The summed E-state index contributed by atoms with van der Waals surface area (Å²) in [7, 11) is 0. The topological polar surface area (TPSA) is 90.0 Å². The van der Waals surface area contributed by atoms with Crippen molar-refractivity contribution in [2.75, 3.05) is 13.2 Å². The summed E-state index contributed by atoms with van der Waals surface area (Å²) in [4.78, 5) is 22.0. The summed E-state index contributed by atoms with van der Waals surface area (Å²) in [6, 6.07) is 7.81. The van der Waals surface area contributed by atoms with Gasteiger partial charge in [-0.2, -0.15) is 0 Å². The summed E-state index contributed by atoms with van der Waals surface area (Å²) in [5, 5.41) is 0.899. The highest BCUT2D eigenvalue weighted by atomic mass is 16.5. The van der Waals surface area contributed by atoms with Crippen molar-refractivity contribution in [2.24, 2.45) is 10.7 Å². The number of hydrogen-bond acceptors (Lipinski definition) is 6. The summed E-state index contributed by atoms with van der Waals surface area (Å²) in [6.07, 6.45) is 15.4. The number of fused-ring (bicyclic) bond motifs is 3. The molecule has 0 saturated heterocycles. The molecule has 1 aromatic carbocycles. The van der Waals surface area contributed by atoms with Gasteiger partial charge in [0, 0.05) is 24.0 Å². The van der Waals surface area contributed by atoms with Gasteiger partial charge < -0.3 is 20.1 Å². The molecule has 2 N–H and O–H groups in total. The minimum atomic E-state index is -0.524. The Labute approximate surface area is 168 Å². The maximum absolute atomic E-state index is 11.8. The number of primary amides is 1. The fourth-order valence-corrected chi connectivity index (χ4v) is 3.16. The van der Waals surface area contributed by atoms with Gasteiger partial charge in [-0.1, -0.05) is 24.3 Å². The van der Waals surface area contributed by atoms with Crippen molar-refractivity contribution >= 4 is 29.3 Å². The van der Waals surface area contributed by atoms with E-state index in [1.54, 1.807) is 29.6 Å². The summed E-state index contributed by atoms with van der Waals surface area (Å²) in [5.74, 6) is 0.174. The first kappa shape index (κ1) is 18.5. The van der Waals surface area contributed by atoms with Crippen molar-refractivity contribution in [2.45, 2.75) is 6.10 Å². The second-order valence-corrected chi connectivity index (χ2v) is 6.48. The van der Waals surface area contributed by atoms with Crippen molar-refractivity contribution < 1.29 is 14.3 Å². The number of ether oxygens (including phenoxy) is 2. The summed E-state index contributed by atoms with van der Waals surface area (Å²) >= 11 is 0. The minimum absolute atomic E-state index is 0.339. The normalized spacial score (nSPS) is 23.2. The van der Waals surface area contributed by atoms with Crippen LogP contribution in [0.25, 0.3) is 17.0 Å². The molecule has 0 spiro atoms. The SMILES string of the molecule is NC(=O)C1=CC2CN1/C=C/N=C/OC/C=C/C=C/c1ccc3nccc(c3c1)O2. The Balaban J connectivity index is 1.73. The molecule has 0 aliphatic carbocycles. The van der Waals surface area contributed by atoms with Crippen LogP contribution in [0.3, 0.4) is 0 Å². The smallest absolute Gasteiger partial charge is 0.265 e. The van der Waals surface area contributed by atoms with Gasteiger partial charge >= 0.3 is 0 Å². The molecule has 4 bridgehead atoms. The lowest BCUT2D eigenvalue weighted by molar-refractivity contribution is -0.115. The van der Waals surface area contributed by atoms with E-state index in [-0.39, 0.29) is 6.10 Å². The van der Waals surface area contributed by atoms with Gasteiger partial charge in [0.2, 0.25) is 0 Å². The van der Waals surface area contributed by atoms with E-state index in [4.69, 9.17) is 15.2 Å². The van der Waals surface area contributed by atoms with Crippen LogP contribution in [-0.2, 0) is 9.53 Å². The van der Waals surface area contributed by atoms with Gasteiger partial charge in [0.15, 0.2) is 6.40 Å². The zero-order valence-corrected chi connectivity index (χ0v) is 15.6. The molecule has 29 heavy (non-hydrogen) atoms. The number of carbonyl (C=O) groups is 1. The van der Waals surface area contributed by atoms with Crippen LogP contribution in [0.1, 0.15) is 5.56 Å². The number of amides is 1. The van der Waals surface area contributed by atoms with Crippen molar-refractivity contribution in [1.82, 2.24) is 9.88 Å². The van der Waals surface area contributed by atoms with Crippen LogP contribution in [-0.4, -0.2) is 41.4 Å². The number of carbonyl (C=O) groups excluding carboxylic acids is 1. The van der Waals surface area contributed by atoms with Crippen molar-refractivity contribution in [3.8, 4) is 5.75 Å². The average molecular weight is 388 g/mol. The number of benzene rings is 1. The molecular weight excluding hydrogens is 368 g/mol. The molecule has 3 heterocycles. The Bertz CT molecular complexity index is 1070. The van der Waals surface area contributed by atoms with Crippen LogP contribution < -0.4 is 10.5 Å². The highest BCUT2D eigenvalue weighted by Crippen LogP contribution is 2.28. The maximum atomic E-state index is 11.8. The average Bonchev–Trinajstić information content (AvgIpc) is 3.12. The zero-order chi connectivity index (χ0) is 20.1. The lowest BCUT2D eigenvalue weighted by atomic mass is 10.1. The Kier molecular flexibility index (Phi) is 5.38. The second kappa shape index (κ2) is 8.43. The predicted molar refractivity (Wildman–Crippen MR) is 112 cm³/mol. The van der Waals surface area contributed by atoms with E-state index < -0.39 is 5.91 Å². The maximum Gasteiger partial charge on any atom is 0.265 e. The summed E-state index contributed by atoms with van der Waals surface area (Å²) in [5.41, 5.74) is 7.74. The minimum Gasteiger partial charge on any atom is -0.484 e. The molecule has 146 valence electrons. The fraction of sp³-hybridized carbons (Fsp3) is 0.136. The third kappa shape index (κ3) is 4.35. The number of nitrogens with zero attached hydrogens (tertiary/aromatic N) is 3. The standard InChI is InChI=1S/C22H20N4O3/c23-22(27)20-13-17-14-26(20)10-9-24-15-28-11-3-1-2-4-16-5-6-19-18(12-16)21(29-17)7-8-25-19/h1-10,12-13,15,17H,11,14H2,(H2,23,27)/b3-1+,4-2+,10-9+,24-15+. The van der Waals surface area contributed by atoms with Crippen LogP contribution in [0.5, 0.6) is 5.75 Å². The molecule has 0 fully saturated rings. The number of rotatable bonds is 1. The van der Waals surface area contributed by atoms with Gasteiger partial charge in [-0.25, -0.2) is 4.99 Å². The Hall–Kier alpha value is -3.87. The van der Waals surface area contributed by atoms with E-state index >= 15 is 0 Å². The van der Waals surface area contributed by atoms with E-state index in [0.29, 0.717) is 24.6 Å². The van der Waals surface area contributed by atoms with Gasteiger partial charge in [0.05, 0.1) is 12.1 Å². The van der Waals surface area contributed by atoms with E-state index in [0.717, 1.165) is 16.5 Å². The van der Waals surface area contributed by atoms with Gasteiger partial charge in [-0.15, -0.1) is 0 Å². The number of nitrogens with two attached hydrogens (primary N) is 1. The number of pyridine rings is 1. The third-order valence-corrected chi connectivity index (χ3v) is 4.48. The molecule has 7 nitrogen and oxygen atoms in total. The molecule has 0 radical (unpaired) electrons. The lowest BCUT2D eigenvalue weighted by Gasteiger charge is -2.18. The molecule has 1 amide bonds. The molecule has 2 aliphatic rings. The van der Waals surface area contributed by atoms with Crippen molar-refractivity contribution in [3.63, 3.8) is 0 Å². The fourth-order valence-electron chi connectivity index (χ4n) is 3.16. The van der Waals surface area contributed by atoms with Crippen molar-refractivity contribution in [1.29, 1.82) is 0 Å². The van der Waals surface area contributed by atoms with E-state index in [9.17, 15) is 4.79 Å². The van der Waals surface area contributed by atoms with E-state index in [1.807, 2.05) is 48.6 Å². The monoisotopic (exact) mass is 388 g/mol. The first-order valence-corrected chi connectivity index (χ1v) is 9.17. The lowest BCUT2D eigenvalue weighted by Crippen LogP contribution is -2.27. The molecule has 1 unspecified atom stereocenters. The molecule has 7 heteroatoms. The van der Waals surface area contributed by atoms with Gasteiger partial charge in [0.25, 0.3) is 5.91 Å². The van der Waals surface area contributed by atoms with Gasteiger partial charge in [0.1, 0.15) is 24.2 Å². The number of aromatic nitrogens is 1. The van der Waals surface area contributed by atoms with E-state index in [2.05, 4.69) is 9.98 Å². The largest absolute Gasteiger partial charge is 0.484 e. The third-order valence-electron chi connectivity index (χ3n) is 4.48. The van der Waals surface area contributed by atoms with Crippen LogP contribution in [0.2, 0.25) is 0 Å². The second-order valence-electron chi connectivity index (χ2n) is 6.48. The highest BCUT2D eigenvalue weighted by Gasteiger charge is 2.27. The molecular formula is C22H20N4O3. The molecule has 4 rings (SSSR count). The first-order chi connectivity index (χ1) is 14.2. The van der Waals surface area contributed by atoms with Crippen LogP contribution in [0, 0.1) is 0 Å². The predicted octanol–water partition coefficient (Wildman–Crippen LogP) is 2.77. The summed E-state index contributed by atoms with van der Waals surface area (Å²) < 4.78 is 11.5. The van der Waals surface area contributed by atoms with Crippen molar-refractivity contribution in [3.05, 3.63) is 78.4 Å². The Morgan fingerprint density at radius 1 is 1.24 bits per heavy atom. The number of allylic oxidation sites excluding steroid dienone is 2. The van der Waals surface area contributed by atoms with E-state index in [1.165, 1.54) is 6.40 Å². The van der Waals surface area contributed by atoms with Crippen LogP contribution in [0.4, 0.5) is 0 Å². The quantitative estimate of drug-likeness (QED) is 0.811. The zero-order valence-electron chi connectivity index (χ0n) is 15.6. The number of hydrogen-bond donors (Lipinski definition) is 1. The number of aliphatic imine (C=N–C) groups is 1. The van der Waals surface area contributed by atoms with Crippen LogP contribution >= 0.6 is 0 Å². The molecule has 0 saturated carbocycles. The highest BCUT2D eigenvalue weighted by molar-refractivity contribution is 5.92. The van der Waals surface area contributed by atoms with Gasteiger partial charge in [-0.3, -0.25) is 9.78 Å². The molecule has 1 aromatic heterocycles. The molecule has 1 atom stereocenters. The summed E-state index contributed by atoms with van der Waals surface area (Å²) in [6.45, 7) is 0.844.